The van der Waals surface area contributed by atoms with Crippen molar-refractivity contribution in [3.63, 3.8) is 0 Å². The number of non-ortho nitro benzene ring substituents is 1. The van der Waals surface area contributed by atoms with Crippen molar-refractivity contribution < 1.29 is 19.2 Å². The van der Waals surface area contributed by atoms with Gasteiger partial charge in [-0.05, 0) is 24.8 Å². The van der Waals surface area contributed by atoms with Crippen LogP contribution in [0.3, 0.4) is 0 Å². The number of hydrogen-bond acceptors (Lipinski definition) is 4. The van der Waals surface area contributed by atoms with E-state index in [0.717, 1.165) is 18.2 Å². The van der Waals surface area contributed by atoms with Crippen LogP contribution in [0.5, 0.6) is 0 Å². The molecular formula is C13H15FN2O4. The molecule has 0 bridgehead atoms. The van der Waals surface area contributed by atoms with Crippen molar-refractivity contribution in [1.82, 2.24) is 4.90 Å². The van der Waals surface area contributed by atoms with Crippen LogP contribution in [0.1, 0.15) is 23.2 Å². The third-order valence-electron chi connectivity index (χ3n) is 3.55. The first-order valence-corrected chi connectivity index (χ1v) is 6.37. The number of benzene rings is 1. The Hall–Kier alpha value is -2.02. The molecule has 0 atom stereocenters. The number of halogens is 1. The first-order valence-electron chi connectivity index (χ1n) is 6.37. The second kappa shape index (κ2) is 5.96. The highest BCUT2D eigenvalue weighted by molar-refractivity contribution is 5.94. The lowest BCUT2D eigenvalue weighted by molar-refractivity contribution is -0.385. The number of piperidine rings is 1. The van der Waals surface area contributed by atoms with Gasteiger partial charge in [-0.3, -0.25) is 14.9 Å². The smallest absolute Gasteiger partial charge is 0.272 e. The molecule has 1 fully saturated rings. The molecule has 1 heterocycles. The fourth-order valence-electron chi connectivity index (χ4n) is 2.28. The molecule has 7 heteroatoms. The van der Waals surface area contributed by atoms with Gasteiger partial charge in [0.1, 0.15) is 5.82 Å². The number of nitro groups is 1. The Labute approximate surface area is 115 Å². The van der Waals surface area contributed by atoms with E-state index in [1.165, 1.54) is 4.90 Å². The van der Waals surface area contributed by atoms with Gasteiger partial charge in [0.05, 0.1) is 16.6 Å². The molecule has 0 aliphatic carbocycles. The first kappa shape index (κ1) is 14.4. The molecule has 1 aromatic rings. The van der Waals surface area contributed by atoms with E-state index in [0.29, 0.717) is 25.9 Å². The van der Waals surface area contributed by atoms with Gasteiger partial charge in [0, 0.05) is 25.8 Å². The molecule has 0 saturated carbocycles. The fourth-order valence-corrected chi connectivity index (χ4v) is 2.28. The second-order valence-corrected chi connectivity index (χ2v) is 4.84. The van der Waals surface area contributed by atoms with Crippen molar-refractivity contribution in [2.75, 3.05) is 19.7 Å². The number of nitro benzene ring substituents is 1. The van der Waals surface area contributed by atoms with E-state index < -0.39 is 16.6 Å². The summed E-state index contributed by atoms with van der Waals surface area (Å²) in [5.74, 6) is -1.16. The molecule has 2 rings (SSSR count). The minimum absolute atomic E-state index is 0.0912. The van der Waals surface area contributed by atoms with Gasteiger partial charge in [0.15, 0.2) is 0 Å². The summed E-state index contributed by atoms with van der Waals surface area (Å²) in [4.78, 5) is 23.5. The summed E-state index contributed by atoms with van der Waals surface area (Å²) in [6.07, 6.45) is 1.35. The van der Waals surface area contributed by atoms with Crippen LogP contribution < -0.4 is 0 Å². The van der Waals surface area contributed by atoms with Gasteiger partial charge in [-0.1, -0.05) is 0 Å². The van der Waals surface area contributed by atoms with Gasteiger partial charge in [0.25, 0.3) is 11.6 Å². The molecule has 0 aromatic heterocycles. The highest BCUT2D eigenvalue weighted by atomic mass is 19.1. The minimum Gasteiger partial charge on any atom is -0.396 e. The molecule has 0 unspecified atom stereocenters. The Kier molecular flexibility index (Phi) is 4.29. The zero-order chi connectivity index (χ0) is 14.7. The molecule has 1 saturated heterocycles. The Bertz CT molecular complexity index is 527. The Balaban J connectivity index is 2.12. The highest BCUT2D eigenvalue weighted by Gasteiger charge is 2.25. The number of hydrogen-bond donors (Lipinski definition) is 1. The van der Waals surface area contributed by atoms with Crippen LogP contribution in [0.15, 0.2) is 18.2 Å². The van der Waals surface area contributed by atoms with Crippen molar-refractivity contribution >= 4 is 11.6 Å². The number of rotatable bonds is 3. The standard InChI is InChI=1S/C13H15FN2O4/c14-12-7-10(16(19)20)1-2-11(12)13(18)15-5-3-9(8-17)4-6-15/h1-2,7,9,17H,3-6,8H2. The van der Waals surface area contributed by atoms with E-state index in [-0.39, 0.29) is 23.8 Å². The number of aliphatic hydroxyl groups excluding tert-OH is 1. The fraction of sp³-hybridized carbons (Fsp3) is 0.462. The van der Waals surface area contributed by atoms with Gasteiger partial charge < -0.3 is 10.0 Å². The quantitative estimate of drug-likeness (QED) is 0.674. The monoisotopic (exact) mass is 282 g/mol. The van der Waals surface area contributed by atoms with Gasteiger partial charge in [0.2, 0.25) is 0 Å². The van der Waals surface area contributed by atoms with Gasteiger partial charge in [-0.2, -0.15) is 0 Å². The molecule has 0 spiro atoms. The summed E-state index contributed by atoms with van der Waals surface area (Å²) < 4.78 is 13.8. The highest BCUT2D eigenvalue weighted by Crippen LogP contribution is 2.21. The van der Waals surface area contributed by atoms with Crippen molar-refractivity contribution in [2.24, 2.45) is 5.92 Å². The Morgan fingerprint density at radius 2 is 2.10 bits per heavy atom. The van der Waals surface area contributed by atoms with E-state index >= 15 is 0 Å². The summed E-state index contributed by atoms with van der Waals surface area (Å²) in [6.45, 7) is 1.01. The predicted molar refractivity (Wildman–Crippen MR) is 68.8 cm³/mol. The molecule has 1 aromatic carbocycles. The zero-order valence-electron chi connectivity index (χ0n) is 10.8. The van der Waals surface area contributed by atoms with Crippen LogP contribution in [0.2, 0.25) is 0 Å². The largest absolute Gasteiger partial charge is 0.396 e. The summed E-state index contributed by atoms with van der Waals surface area (Å²) in [5, 5.41) is 19.6. The SMILES string of the molecule is O=C(c1ccc([N+](=O)[O-])cc1F)N1CCC(CO)CC1. The molecule has 108 valence electrons. The van der Waals surface area contributed by atoms with Crippen LogP contribution in [0, 0.1) is 21.8 Å². The first-order chi connectivity index (χ1) is 9.52. The number of carbonyl (C=O) groups excluding carboxylic acids is 1. The molecule has 20 heavy (non-hydrogen) atoms. The maximum Gasteiger partial charge on any atom is 0.272 e. The van der Waals surface area contributed by atoms with Crippen LogP contribution >= 0.6 is 0 Å². The van der Waals surface area contributed by atoms with Crippen LogP contribution in [-0.4, -0.2) is 40.5 Å². The lowest BCUT2D eigenvalue weighted by Crippen LogP contribution is -2.39. The van der Waals surface area contributed by atoms with E-state index in [9.17, 15) is 19.3 Å². The second-order valence-electron chi connectivity index (χ2n) is 4.84. The van der Waals surface area contributed by atoms with E-state index in [2.05, 4.69) is 0 Å². The molecule has 1 amide bonds. The van der Waals surface area contributed by atoms with E-state index in [1.807, 2.05) is 0 Å². The predicted octanol–water partition coefficient (Wildman–Crippen LogP) is 1.58. The normalized spacial score (nSPS) is 16.2. The van der Waals surface area contributed by atoms with E-state index in [4.69, 9.17) is 5.11 Å². The van der Waals surface area contributed by atoms with Crippen molar-refractivity contribution in [2.45, 2.75) is 12.8 Å². The van der Waals surface area contributed by atoms with Crippen LogP contribution in [0.4, 0.5) is 10.1 Å². The average Bonchev–Trinajstić information content (AvgIpc) is 2.46. The molecular weight excluding hydrogens is 267 g/mol. The third kappa shape index (κ3) is 2.93. The van der Waals surface area contributed by atoms with Crippen LogP contribution in [0.25, 0.3) is 0 Å². The summed E-state index contributed by atoms with van der Waals surface area (Å²) in [5.41, 5.74) is -0.531. The summed E-state index contributed by atoms with van der Waals surface area (Å²) in [6, 6.07) is 3.03. The zero-order valence-corrected chi connectivity index (χ0v) is 10.8. The minimum atomic E-state index is -0.881. The molecule has 6 nitrogen and oxygen atoms in total. The average molecular weight is 282 g/mol. The topological polar surface area (TPSA) is 83.7 Å². The Morgan fingerprint density at radius 3 is 2.60 bits per heavy atom. The third-order valence-corrected chi connectivity index (χ3v) is 3.55. The lowest BCUT2D eigenvalue weighted by atomic mass is 9.97. The maximum absolute atomic E-state index is 13.8. The Morgan fingerprint density at radius 1 is 1.45 bits per heavy atom. The number of carbonyl (C=O) groups is 1. The van der Waals surface area contributed by atoms with Gasteiger partial charge >= 0.3 is 0 Å². The number of nitrogens with zero attached hydrogens (tertiary/aromatic N) is 2. The summed E-state index contributed by atoms with van der Waals surface area (Å²) in [7, 11) is 0. The number of amides is 1. The number of likely N-dealkylation sites (tertiary alicyclic amines) is 1. The maximum atomic E-state index is 13.8. The molecule has 1 N–H and O–H groups in total. The molecule has 0 radical (unpaired) electrons. The van der Waals surface area contributed by atoms with Gasteiger partial charge in [-0.25, -0.2) is 4.39 Å². The van der Waals surface area contributed by atoms with Crippen molar-refractivity contribution in [3.8, 4) is 0 Å². The molecule has 1 aliphatic rings. The van der Waals surface area contributed by atoms with Crippen molar-refractivity contribution in [3.05, 3.63) is 39.7 Å². The van der Waals surface area contributed by atoms with Gasteiger partial charge in [-0.15, -0.1) is 0 Å². The summed E-state index contributed by atoms with van der Waals surface area (Å²) >= 11 is 0. The van der Waals surface area contributed by atoms with Crippen LogP contribution in [-0.2, 0) is 0 Å². The van der Waals surface area contributed by atoms with E-state index in [1.54, 1.807) is 0 Å². The lowest BCUT2D eigenvalue weighted by Gasteiger charge is -2.31. The number of aliphatic hydroxyl groups is 1. The molecule has 1 aliphatic heterocycles. The van der Waals surface area contributed by atoms with Crippen molar-refractivity contribution in [1.29, 1.82) is 0 Å².